The molecule has 2 N–H and O–H groups in total. The largest absolute Gasteiger partial charge is 0.392 e. The van der Waals surface area contributed by atoms with Gasteiger partial charge in [-0.25, -0.2) is 13.4 Å². The number of sulfonamides is 1. The molecule has 1 aliphatic heterocycles. The number of hydrogen-bond acceptors (Lipinski definition) is 7. The first-order chi connectivity index (χ1) is 17.3. The second-order valence-corrected chi connectivity index (χ2v) is 13.5. The number of nitrogens with zero attached hydrogens (tertiary/aromatic N) is 3. The van der Waals surface area contributed by atoms with Gasteiger partial charge in [0, 0.05) is 36.1 Å². The number of aromatic amines is 1. The van der Waals surface area contributed by atoms with Crippen molar-refractivity contribution in [2.45, 2.75) is 59.1 Å². The SMILES string of the molecule is CCCCN(Cc1cnc(-c2cc3cccc(N(CC)S(=O)(=O)C4=CCCCS4)c3[nH]2)s1)CC(C)O. The van der Waals surface area contributed by atoms with Gasteiger partial charge in [-0.15, -0.1) is 23.1 Å². The predicted molar refractivity (Wildman–Crippen MR) is 153 cm³/mol. The molecule has 0 bridgehead atoms. The first-order valence-corrected chi connectivity index (χ1v) is 15.9. The zero-order chi connectivity index (χ0) is 25.7. The van der Waals surface area contributed by atoms with Crippen LogP contribution in [0, 0.1) is 0 Å². The van der Waals surface area contributed by atoms with E-state index >= 15 is 0 Å². The van der Waals surface area contributed by atoms with Gasteiger partial charge in [0.25, 0.3) is 10.0 Å². The number of fused-ring (bicyclic) bond motifs is 1. The second kappa shape index (κ2) is 12.1. The van der Waals surface area contributed by atoms with Gasteiger partial charge in [-0.1, -0.05) is 31.6 Å². The lowest BCUT2D eigenvalue weighted by Gasteiger charge is -2.25. The van der Waals surface area contributed by atoms with Crippen LogP contribution in [0.4, 0.5) is 5.69 Å². The van der Waals surface area contributed by atoms with Crippen molar-refractivity contribution in [3.63, 3.8) is 0 Å². The molecule has 0 spiro atoms. The molecule has 0 aliphatic carbocycles. The van der Waals surface area contributed by atoms with Gasteiger partial charge in [-0.05, 0) is 57.5 Å². The summed E-state index contributed by atoms with van der Waals surface area (Å²) in [5.74, 6) is 0.832. The summed E-state index contributed by atoms with van der Waals surface area (Å²) in [6, 6.07) is 7.82. The van der Waals surface area contributed by atoms with E-state index < -0.39 is 10.0 Å². The smallest absolute Gasteiger partial charge is 0.270 e. The molecule has 3 heterocycles. The van der Waals surface area contributed by atoms with E-state index in [1.54, 1.807) is 11.3 Å². The zero-order valence-corrected chi connectivity index (χ0v) is 23.7. The van der Waals surface area contributed by atoms with E-state index in [-0.39, 0.29) is 6.10 Å². The fraction of sp³-hybridized carbons (Fsp3) is 0.500. The van der Waals surface area contributed by atoms with Crippen LogP contribution in [0.1, 0.15) is 51.3 Å². The molecule has 10 heteroatoms. The number of rotatable bonds is 12. The summed E-state index contributed by atoms with van der Waals surface area (Å²) in [5, 5.41) is 11.7. The van der Waals surface area contributed by atoms with Gasteiger partial charge in [0.15, 0.2) is 0 Å². The van der Waals surface area contributed by atoms with Crippen LogP contribution < -0.4 is 4.31 Å². The number of nitrogens with one attached hydrogen (secondary N) is 1. The molecule has 0 saturated heterocycles. The molecule has 36 heavy (non-hydrogen) atoms. The summed E-state index contributed by atoms with van der Waals surface area (Å²) in [6.07, 6.45) is 7.40. The Hall–Kier alpha value is -1.85. The van der Waals surface area contributed by atoms with Crippen LogP contribution in [-0.4, -0.2) is 59.9 Å². The van der Waals surface area contributed by atoms with Crippen molar-refractivity contribution in [1.82, 2.24) is 14.9 Å². The number of aliphatic hydroxyl groups is 1. The molecule has 0 saturated carbocycles. The second-order valence-electron chi connectivity index (χ2n) is 9.18. The van der Waals surface area contributed by atoms with E-state index in [0.717, 1.165) is 71.0 Å². The Balaban J connectivity index is 1.62. The number of hydrogen-bond donors (Lipinski definition) is 2. The maximum atomic E-state index is 13.5. The number of thioether (sulfide) groups is 1. The Labute approximate surface area is 222 Å². The standard InChI is InChI=1S/C26H36N4O3S3/c1-4-6-13-29(17-19(3)31)18-21-16-27-26(35-21)22-15-20-10-9-11-23(25(20)28-22)30(5-2)36(32,33)24-12-7-8-14-34-24/h9-12,15-16,19,28,31H,4-8,13-14,17-18H2,1-3H3. The molecule has 0 radical (unpaired) electrons. The molecule has 3 aromatic rings. The van der Waals surface area contributed by atoms with Crippen molar-refractivity contribution in [1.29, 1.82) is 0 Å². The number of H-pyrrole nitrogens is 1. The lowest BCUT2D eigenvalue weighted by Crippen LogP contribution is -2.31. The highest BCUT2D eigenvalue weighted by Crippen LogP contribution is 2.37. The number of anilines is 1. The molecule has 1 unspecified atom stereocenters. The highest BCUT2D eigenvalue weighted by molar-refractivity contribution is 8.19. The quantitative estimate of drug-likeness (QED) is 0.297. The molecule has 196 valence electrons. The van der Waals surface area contributed by atoms with E-state index in [9.17, 15) is 13.5 Å². The van der Waals surface area contributed by atoms with Gasteiger partial charge >= 0.3 is 0 Å². The lowest BCUT2D eigenvalue weighted by molar-refractivity contribution is 0.122. The Morgan fingerprint density at radius 2 is 2.11 bits per heavy atom. The Kier molecular flexibility index (Phi) is 9.16. The van der Waals surface area contributed by atoms with Crippen LogP contribution in [0.25, 0.3) is 21.6 Å². The van der Waals surface area contributed by atoms with Gasteiger partial charge in [0.1, 0.15) is 9.24 Å². The van der Waals surface area contributed by atoms with E-state index in [2.05, 4.69) is 21.8 Å². The lowest BCUT2D eigenvalue weighted by atomic mass is 10.2. The van der Waals surface area contributed by atoms with Crippen molar-refractivity contribution in [2.24, 2.45) is 0 Å². The topological polar surface area (TPSA) is 89.5 Å². The maximum absolute atomic E-state index is 13.5. The van der Waals surface area contributed by atoms with Crippen LogP contribution in [0.15, 0.2) is 40.8 Å². The summed E-state index contributed by atoms with van der Waals surface area (Å²) in [6.45, 7) is 8.56. The highest BCUT2D eigenvalue weighted by Gasteiger charge is 2.29. The van der Waals surface area contributed by atoms with Crippen LogP contribution in [0.5, 0.6) is 0 Å². The fourth-order valence-electron chi connectivity index (χ4n) is 4.47. The third-order valence-electron chi connectivity index (χ3n) is 6.15. The molecule has 4 rings (SSSR count). The van der Waals surface area contributed by atoms with E-state index in [1.165, 1.54) is 16.1 Å². The van der Waals surface area contributed by atoms with E-state index in [4.69, 9.17) is 0 Å². The molecule has 0 fully saturated rings. The van der Waals surface area contributed by atoms with Crippen molar-refractivity contribution in [2.75, 3.05) is 29.7 Å². The zero-order valence-electron chi connectivity index (χ0n) is 21.2. The number of aliphatic hydroxyl groups excluding tert-OH is 1. The first kappa shape index (κ1) is 27.2. The van der Waals surface area contributed by atoms with Crippen LogP contribution in [-0.2, 0) is 16.6 Å². The Bertz CT molecular complexity index is 1300. The number of unbranched alkanes of at least 4 members (excludes halogenated alkanes) is 1. The fourth-order valence-corrected chi connectivity index (χ4v) is 8.56. The van der Waals surface area contributed by atoms with Crippen LogP contribution >= 0.6 is 23.1 Å². The minimum absolute atomic E-state index is 0.353. The third-order valence-corrected chi connectivity index (χ3v) is 10.8. The number of thiazole rings is 1. The van der Waals surface area contributed by atoms with Crippen molar-refractivity contribution < 1.29 is 13.5 Å². The summed E-state index contributed by atoms with van der Waals surface area (Å²) in [7, 11) is -3.60. The van der Waals surface area contributed by atoms with Gasteiger partial charge in [0.2, 0.25) is 0 Å². The minimum Gasteiger partial charge on any atom is -0.392 e. The van der Waals surface area contributed by atoms with Crippen LogP contribution in [0.2, 0.25) is 0 Å². The average molecular weight is 549 g/mol. The van der Waals surface area contributed by atoms with Gasteiger partial charge in [-0.2, -0.15) is 0 Å². The molecular formula is C26H36N4O3S3. The van der Waals surface area contributed by atoms with Gasteiger partial charge in [0.05, 0.1) is 23.0 Å². The number of allylic oxidation sites excluding steroid dienone is 1. The normalized spacial score (nSPS) is 15.4. The molecule has 1 aromatic carbocycles. The van der Waals surface area contributed by atoms with Crippen molar-refractivity contribution in [3.05, 3.63) is 45.7 Å². The first-order valence-electron chi connectivity index (χ1n) is 12.7. The summed E-state index contributed by atoms with van der Waals surface area (Å²) < 4.78 is 28.9. The number of aromatic nitrogens is 2. The highest BCUT2D eigenvalue weighted by atomic mass is 32.3. The monoisotopic (exact) mass is 548 g/mol. The average Bonchev–Trinajstić information content (AvgIpc) is 3.50. The van der Waals surface area contributed by atoms with E-state index in [0.29, 0.717) is 23.0 Å². The summed E-state index contributed by atoms with van der Waals surface area (Å²) in [5.41, 5.74) is 2.34. The number of para-hydroxylation sites is 1. The molecule has 1 aliphatic rings. The molecule has 1 atom stereocenters. The molecule has 2 aromatic heterocycles. The van der Waals surface area contributed by atoms with E-state index in [1.807, 2.05) is 50.4 Å². The maximum Gasteiger partial charge on any atom is 0.270 e. The molecule has 7 nitrogen and oxygen atoms in total. The van der Waals surface area contributed by atoms with Crippen molar-refractivity contribution in [3.8, 4) is 10.7 Å². The summed E-state index contributed by atoms with van der Waals surface area (Å²) >= 11 is 3.05. The number of benzene rings is 1. The molecule has 0 amide bonds. The van der Waals surface area contributed by atoms with Crippen molar-refractivity contribution >= 4 is 49.7 Å². The van der Waals surface area contributed by atoms with Gasteiger partial charge < -0.3 is 10.1 Å². The van der Waals surface area contributed by atoms with Crippen LogP contribution in [0.3, 0.4) is 0 Å². The predicted octanol–water partition coefficient (Wildman–Crippen LogP) is 5.80. The third kappa shape index (κ3) is 6.16. The Morgan fingerprint density at radius 3 is 2.81 bits per heavy atom. The molecular weight excluding hydrogens is 513 g/mol. The van der Waals surface area contributed by atoms with Gasteiger partial charge in [-0.3, -0.25) is 9.21 Å². The minimum atomic E-state index is -3.60. The Morgan fingerprint density at radius 1 is 1.28 bits per heavy atom. The summed E-state index contributed by atoms with van der Waals surface area (Å²) in [4.78, 5) is 11.5.